The standard InChI is InChI=1S/C22H25BrN4O3/c1-27(14-21(29)26-19-9-5-3-7-17(19)23)13-12-20(28)25-18-8-4-2-6-16(18)22(30)24-15-10-11-15/h2-9,15H,10-14H2,1H3,(H,24,30)(H,25,28)(H,26,29). The van der Waals surface area contributed by atoms with E-state index in [1.54, 1.807) is 36.2 Å². The Hall–Kier alpha value is -2.71. The third-order valence-electron chi connectivity index (χ3n) is 4.64. The topological polar surface area (TPSA) is 90.5 Å². The fourth-order valence-corrected chi connectivity index (χ4v) is 3.25. The van der Waals surface area contributed by atoms with Crippen LogP contribution in [0.3, 0.4) is 0 Å². The van der Waals surface area contributed by atoms with Crippen LogP contribution in [0.15, 0.2) is 53.0 Å². The van der Waals surface area contributed by atoms with Gasteiger partial charge >= 0.3 is 0 Å². The number of likely N-dealkylation sites (N-methyl/N-ethyl adjacent to an activating group) is 1. The molecule has 1 aliphatic rings. The van der Waals surface area contributed by atoms with Gasteiger partial charge in [-0.1, -0.05) is 24.3 Å². The van der Waals surface area contributed by atoms with Gasteiger partial charge in [0.15, 0.2) is 0 Å². The Morgan fingerprint density at radius 1 is 0.967 bits per heavy atom. The van der Waals surface area contributed by atoms with Crippen molar-refractivity contribution in [2.75, 3.05) is 30.8 Å². The molecule has 0 heterocycles. The van der Waals surface area contributed by atoms with Crippen LogP contribution in [0.1, 0.15) is 29.6 Å². The van der Waals surface area contributed by atoms with Gasteiger partial charge in [0, 0.05) is 23.5 Å². The van der Waals surface area contributed by atoms with E-state index < -0.39 is 0 Å². The maximum atomic E-state index is 12.4. The first-order chi connectivity index (χ1) is 14.4. The number of halogens is 1. The van der Waals surface area contributed by atoms with Crippen molar-refractivity contribution < 1.29 is 14.4 Å². The molecule has 0 saturated heterocycles. The number of hydrogen-bond donors (Lipinski definition) is 3. The molecule has 0 bridgehead atoms. The Kier molecular flexibility index (Phi) is 7.59. The van der Waals surface area contributed by atoms with Crippen LogP contribution in [-0.4, -0.2) is 48.8 Å². The van der Waals surface area contributed by atoms with E-state index in [9.17, 15) is 14.4 Å². The number of amides is 3. The number of para-hydroxylation sites is 2. The molecule has 2 aromatic rings. The van der Waals surface area contributed by atoms with Crippen molar-refractivity contribution in [1.82, 2.24) is 10.2 Å². The third kappa shape index (κ3) is 6.67. The Balaban J connectivity index is 1.46. The molecule has 2 aromatic carbocycles. The van der Waals surface area contributed by atoms with Crippen LogP contribution in [0.25, 0.3) is 0 Å². The maximum Gasteiger partial charge on any atom is 0.253 e. The second-order valence-corrected chi connectivity index (χ2v) is 8.21. The van der Waals surface area contributed by atoms with E-state index in [1.807, 2.05) is 24.3 Å². The molecule has 0 aliphatic heterocycles. The number of benzene rings is 2. The number of rotatable bonds is 9. The first kappa shape index (κ1) is 22.0. The fraction of sp³-hybridized carbons (Fsp3) is 0.318. The lowest BCUT2D eigenvalue weighted by Crippen LogP contribution is -2.32. The van der Waals surface area contributed by atoms with Crippen LogP contribution >= 0.6 is 15.9 Å². The highest BCUT2D eigenvalue weighted by Gasteiger charge is 2.25. The summed E-state index contributed by atoms with van der Waals surface area (Å²) in [6, 6.07) is 14.6. The quantitative estimate of drug-likeness (QED) is 0.522. The van der Waals surface area contributed by atoms with Gasteiger partial charge < -0.3 is 16.0 Å². The highest BCUT2D eigenvalue weighted by atomic mass is 79.9. The van der Waals surface area contributed by atoms with E-state index in [0.29, 0.717) is 23.5 Å². The number of anilines is 2. The molecule has 30 heavy (non-hydrogen) atoms. The summed E-state index contributed by atoms with van der Waals surface area (Å²) in [7, 11) is 1.78. The van der Waals surface area contributed by atoms with Crippen molar-refractivity contribution in [1.29, 1.82) is 0 Å². The van der Waals surface area contributed by atoms with Gasteiger partial charge in [-0.2, -0.15) is 0 Å². The Morgan fingerprint density at radius 3 is 2.30 bits per heavy atom. The van der Waals surface area contributed by atoms with Crippen LogP contribution in [0.4, 0.5) is 11.4 Å². The molecule has 8 heteroatoms. The number of carbonyl (C=O) groups is 3. The summed E-state index contributed by atoms with van der Waals surface area (Å²) in [5, 5.41) is 8.58. The second-order valence-electron chi connectivity index (χ2n) is 7.36. The fourth-order valence-electron chi connectivity index (χ4n) is 2.86. The average Bonchev–Trinajstić information content (AvgIpc) is 3.52. The average molecular weight is 473 g/mol. The molecule has 0 radical (unpaired) electrons. The number of nitrogens with one attached hydrogen (secondary N) is 3. The predicted octanol–water partition coefficient (Wildman–Crippen LogP) is 3.24. The molecule has 0 unspecified atom stereocenters. The van der Waals surface area contributed by atoms with Gasteiger partial charge in [-0.3, -0.25) is 19.3 Å². The predicted molar refractivity (Wildman–Crippen MR) is 120 cm³/mol. The monoisotopic (exact) mass is 472 g/mol. The minimum atomic E-state index is -0.209. The van der Waals surface area contributed by atoms with Crippen LogP contribution in [-0.2, 0) is 9.59 Å². The molecule has 3 amide bonds. The van der Waals surface area contributed by atoms with Gasteiger partial charge in [0.2, 0.25) is 11.8 Å². The van der Waals surface area contributed by atoms with E-state index in [-0.39, 0.29) is 36.7 Å². The summed E-state index contributed by atoms with van der Waals surface area (Å²) in [6.07, 6.45) is 2.21. The molecule has 3 N–H and O–H groups in total. The van der Waals surface area contributed by atoms with Crippen LogP contribution in [0.5, 0.6) is 0 Å². The zero-order valence-electron chi connectivity index (χ0n) is 16.8. The number of hydrogen-bond acceptors (Lipinski definition) is 4. The summed E-state index contributed by atoms with van der Waals surface area (Å²) in [4.78, 5) is 38.7. The van der Waals surface area contributed by atoms with Crippen molar-refractivity contribution in [3.05, 3.63) is 58.6 Å². The molecular weight excluding hydrogens is 448 g/mol. The van der Waals surface area contributed by atoms with E-state index in [4.69, 9.17) is 0 Å². The van der Waals surface area contributed by atoms with Gasteiger partial charge in [-0.15, -0.1) is 0 Å². The van der Waals surface area contributed by atoms with Crippen molar-refractivity contribution in [3.63, 3.8) is 0 Å². The first-order valence-electron chi connectivity index (χ1n) is 9.85. The number of carbonyl (C=O) groups excluding carboxylic acids is 3. The summed E-state index contributed by atoms with van der Waals surface area (Å²) in [5.41, 5.74) is 1.66. The lowest BCUT2D eigenvalue weighted by atomic mass is 10.1. The smallest absolute Gasteiger partial charge is 0.253 e. The lowest BCUT2D eigenvalue weighted by molar-refractivity contribution is -0.119. The van der Waals surface area contributed by atoms with Crippen LogP contribution < -0.4 is 16.0 Å². The molecular formula is C22H25BrN4O3. The third-order valence-corrected chi connectivity index (χ3v) is 5.33. The normalized spacial score (nSPS) is 13.0. The van der Waals surface area contributed by atoms with Gasteiger partial charge in [-0.05, 0) is 60.1 Å². The van der Waals surface area contributed by atoms with Crippen molar-refractivity contribution >= 4 is 45.0 Å². The lowest BCUT2D eigenvalue weighted by Gasteiger charge is -2.17. The van der Waals surface area contributed by atoms with Crippen LogP contribution in [0.2, 0.25) is 0 Å². The molecule has 1 fully saturated rings. The zero-order valence-corrected chi connectivity index (χ0v) is 18.4. The Morgan fingerprint density at radius 2 is 1.60 bits per heavy atom. The minimum absolute atomic E-state index is 0.160. The minimum Gasteiger partial charge on any atom is -0.349 e. The molecule has 1 saturated carbocycles. The SMILES string of the molecule is CN(CCC(=O)Nc1ccccc1C(=O)NC1CC1)CC(=O)Nc1ccccc1Br. The van der Waals surface area contributed by atoms with Crippen molar-refractivity contribution in [2.24, 2.45) is 0 Å². The highest BCUT2D eigenvalue weighted by molar-refractivity contribution is 9.10. The summed E-state index contributed by atoms with van der Waals surface area (Å²) in [5.74, 6) is -0.541. The molecule has 1 aliphatic carbocycles. The molecule has 3 rings (SSSR count). The summed E-state index contributed by atoms with van der Waals surface area (Å²) < 4.78 is 0.810. The Bertz CT molecular complexity index is 930. The molecule has 0 atom stereocenters. The maximum absolute atomic E-state index is 12.4. The molecule has 0 spiro atoms. The summed E-state index contributed by atoms with van der Waals surface area (Å²) in [6.45, 7) is 0.570. The summed E-state index contributed by atoms with van der Waals surface area (Å²) >= 11 is 3.39. The molecule has 7 nitrogen and oxygen atoms in total. The first-order valence-corrected chi connectivity index (χ1v) is 10.6. The largest absolute Gasteiger partial charge is 0.349 e. The van der Waals surface area contributed by atoms with Gasteiger partial charge in [0.1, 0.15) is 0 Å². The van der Waals surface area contributed by atoms with Gasteiger partial charge in [0.25, 0.3) is 5.91 Å². The Labute approximate surface area is 184 Å². The van der Waals surface area contributed by atoms with Gasteiger partial charge in [-0.25, -0.2) is 0 Å². The zero-order chi connectivity index (χ0) is 21.5. The van der Waals surface area contributed by atoms with Crippen molar-refractivity contribution in [2.45, 2.75) is 25.3 Å². The van der Waals surface area contributed by atoms with Crippen LogP contribution in [0, 0.1) is 0 Å². The van der Waals surface area contributed by atoms with Gasteiger partial charge in [0.05, 0.1) is 23.5 Å². The molecule has 158 valence electrons. The van der Waals surface area contributed by atoms with E-state index in [2.05, 4.69) is 31.9 Å². The second kappa shape index (κ2) is 10.4. The molecule has 0 aromatic heterocycles. The van der Waals surface area contributed by atoms with E-state index in [0.717, 1.165) is 17.3 Å². The van der Waals surface area contributed by atoms with E-state index >= 15 is 0 Å². The highest BCUT2D eigenvalue weighted by Crippen LogP contribution is 2.22. The van der Waals surface area contributed by atoms with Crippen molar-refractivity contribution in [3.8, 4) is 0 Å². The van der Waals surface area contributed by atoms with E-state index in [1.165, 1.54) is 0 Å². The number of nitrogens with zero attached hydrogens (tertiary/aromatic N) is 1.